The van der Waals surface area contributed by atoms with E-state index in [1.165, 1.54) is 30.5 Å². The van der Waals surface area contributed by atoms with Crippen LogP contribution in [0.1, 0.15) is 17.6 Å². The van der Waals surface area contributed by atoms with Crippen LogP contribution in [0, 0.1) is 0 Å². The third-order valence-electron chi connectivity index (χ3n) is 1.57. The van der Waals surface area contributed by atoms with E-state index >= 15 is 0 Å². The Hall–Kier alpha value is -1.98. The van der Waals surface area contributed by atoms with Gasteiger partial charge in [0.25, 0.3) is 6.43 Å². The second-order valence-electron chi connectivity index (χ2n) is 2.74. The van der Waals surface area contributed by atoms with Crippen LogP contribution < -0.4 is 11.5 Å². The van der Waals surface area contributed by atoms with Gasteiger partial charge in [-0.3, -0.25) is 0 Å². The molecular weight excluding hydrogens is 202 g/mol. The number of rotatable bonds is 3. The first kappa shape index (κ1) is 11.1. The molecule has 0 aliphatic carbocycles. The molecule has 0 aliphatic rings. The van der Waals surface area contributed by atoms with E-state index in [4.69, 9.17) is 11.5 Å². The number of nitrogens with two attached hydrogens (primary N) is 2. The molecule has 15 heavy (non-hydrogen) atoms. The standard InChI is InChI=1S/C9H10F2N4/c10-8(11)7-3-1-6(2-4-7)5-14-15-9(12)13/h1-5,8H,(H4,12,13,15). The van der Waals surface area contributed by atoms with E-state index in [1.807, 2.05) is 0 Å². The van der Waals surface area contributed by atoms with Gasteiger partial charge < -0.3 is 11.5 Å². The van der Waals surface area contributed by atoms with Crippen molar-refractivity contribution in [3.8, 4) is 0 Å². The highest BCUT2D eigenvalue weighted by atomic mass is 19.3. The fraction of sp³-hybridized carbons (Fsp3) is 0.111. The van der Waals surface area contributed by atoms with Crippen LogP contribution in [0.15, 0.2) is 34.5 Å². The molecular formula is C9H10F2N4. The van der Waals surface area contributed by atoms with Crippen molar-refractivity contribution in [3.05, 3.63) is 35.4 Å². The number of hydrogen-bond donors (Lipinski definition) is 2. The van der Waals surface area contributed by atoms with E-state index < -0.39 is 6.43 Å². The average molecular weight is 212 g/mol. The predicted octanol–water partition coefficient (Wildman–Crippen LogP) is 1.23. The lowest BCUT2D eigenvalue weighted by Gasteiger charge is -1.98. The number of benzene rings is 1. The van der Waals surface area contributed by atoms with Crippen LogP contribution in [0.5, 0.6) is 0 Å². The number of guanidine groups is 1. The maximum atomic E-state index is 12.2. The zero-order valence-electron chi connectivity index (χ0n) is 7.77. The molecule has 0 saturated carbocycles. The SMILES string of the molecule is NC(N)=NN=Cc1ccc(C(F)F)cc1. The van der Waals surface area contributed by atoms with Gasteiger partial charge in [-0.2, -0.15) is 5.10 Å². The van der Waals surface area contributed by atoms with Crippen molar-refractivity contribution in [2.45, 2.75) is 6.43 Å². The number of hydrogen-bond acceptors (Lipinski definition) is 2. The predicted molar refractivity (Wildman–Crippen MR) is 54.8 cm³/mol. The van der Waals surface area contributed by atoms with Gasteiger partial charge in [0.15, 0.2) is 0 Å². The molecule has 0 atom stereocenters. The summed E-state index contributed by atoms with van der Waals surface area (Å²) in [5, 5.41) is 6.91. The Morgan fingerprint density at radius 2 is 1.80 bits per heavy atom. The molecule has 4 N–H and O–H groups in total. The molecule has 1 rings (SSSR count). The fourth-order valence-corrected chi connectivity index (χ4v) is 0.890. The van der Waals surface area contributed by atoms with Crippen molar-refractivity contribution in [3.63, 3.8) is 0 Å². The normalized spacial score (nSPS) is 10.9. The van der Waals surface area contributed by atoms with Gasteiger partial charge in [-0.05, 0) is 5.56 Å². The minimum absolute atomic E-state index is 0.0333. The molecule has 0 amide bonds. The summed E-state index contributed by atoms with van der Waals surface area (Å²) in [6.45, 7) is 0. The average Bonchev–Trinajstić information content (AvgIpc) is 2.18. The lowest BCUT2D eigenvalue weighted by atomic mass is 10.1. The highest BCUT2D eigenvalue weighted by Crippen LogP contribution is 2.18. The minimum Gasteiger partial charge on any atom is -0.369 e. The second-order valence-corrected chi connectivity index (χ2v) is 2.74. The van der Waals surface area contributed by atoms with Crippen LogP contribution in [0.25, 0.3) is 0 Å². The number of alkyl halides is 2. The molecule has 0 radical (unpaired) electrons. The highest BCUT2D eigenvalue weighted by Gasteiger charge is 2.04. The third-order valence-corrected chi connectivity index (χ3v) is 1.57. The summed E-state index contributed by atoms with van der Waals surface area (Å²) in [7, 11) is 0. The van der Waals surface area contributed by atoms with E-state index in [0.29, 0.717) is 5.56 Å². The Morgan fingerprint density at radius 1 is 1.20 bits per heavy atom. The summed E-state index contributed by atoms with van der Waals surface area (Å²) in [6, 6.07) is 5.66. The van der Waals surface area contributed by atoms with Crippen LogP contribution in [-0.4, -0.2) is 12.2 Å². The molecule has 0 saturated heterocycles. The first-order valence-corrected chi connectivity index (χ1v) is 4.09. The molecule has 4 nitrogen and oxygen atoms in total. The zero-order chi connectivity index (χ0) is 11.3. The van der Waals surface area contributed by atoms with Gasteiger partial charge in [-0.25, -0.2) is 8.78 Å². The van der Waals surface area contributed by atoms with Crippen LogP contribution in [0.3, 0.4) is 0 Å². The first-order valence-electron chi connectivity index (χ1n) is 4.09. The minimum atomic E-state index is -2.46. The van der Waals surface area contributed by atoms with Crippen molar-refractivity contribution in [1.82, 2.24) is 0 Å². The number of nitrogens with zero attached hydrogens (tertiary/aromatic N) is 2. The summed E-state index contributed by atoms with van der Waals surface area (Å²) in [5.74, 6) is -0.157. The van der Waals surface area contributed by atoms with E-state index in [-0.39, 0.29) is 11.5 Å². The van der Waals surface area contributed by atoms with E-state index in [2.05, 4.69) is 10.2 Å². The van der Waals surface area contributed by atoms with E-state index in [0.717, 1.165) is 0 Å². The second kappa shape index (κ2) is 5.04. The van der Waals surface area contributed by atoms with Crippen molar-refractivity contribution < 1.29 is 8.78 Å². The van der Waals surface area contributed by atoms with Crippen LogP contribution in [0.2, 0.25) is 0 Å². The smallest absolute Gasteiger partial charge is 0.263 e. The largest absolute Gasteiger partial charge is 0.369 e. The Morgan fingerprint density at radius 3 is 2.27 bits per heavy atom. The van der Waals surface area contributed by atoms with Gasteiger partial charge in [0.1, 0.15) is 0 Å². The molecule has 0 heterocycles. The van der Waals surface area contributed by atoms with Crippen LogP contribution in [0.4, 0.5) is 8.78 Å². The van der Waals surface area contributed by atoms with Gasteiger partial charge >= 0.3 is 0 Å². The lowest BCUT2D eigenvalue weighted by Crippen LogP contribution is -2.21. The molecule has 0 unspecified atom stereocenters. The molecule has 6 heteroatoms. The lowest BCUT2D eigenvalue weighted by molar-refractivity contribution is 0.151. The third kappa shape index (κ3) is 3.72. The molecule has 0 fully saturated rings. The van der Waals surface area contributed by atoms with E-state index in [1.54, 1.807) is 0 Å². The Bertz CT molecular complexity index is 366. The Balaban J connectivity index is 2.73. The maximum absolute atomic E-state index is 12.2. The zero-order valence-corrected chi connectivity index (χ0v) is 7.77. The van der Waals surface area contributed by atoms with Crippen LogP contribution >= 0.6 is 0 Å². The quantitative estimate of drug-likeness (QED) is 0.449. The van der Waals surface area contributed by atoms with Gasteiger partial charge in [-0.15, -0.1) is 5.10 Å². The fourth-order valence-electron chi connectivity index (χ4n) is 0.890. The van der Waals surface area contributed by atoms with Gasteiger partial charge in [0, 0.05) is 5.56 Å². The Kier molecular flexibility index (Phi) is 3.73. The van der Waals surface area contributed by atoms with Crippen LogP contribution in [-0.2, 0) is 0 Å². The molecule has 0 aliphatic heterocycles. The summed E-state index contributed by atoms with van der Waals surface area (Å²) < 4.78 is 24.3. The summed E-state index contributed by atoms with van der Waals surface area (Å²) >= 11 is 0. The van der Waals surface area contributed by atoms with Gasteiger partial charge in [-0.1, -0.05) is 24.3 Å². The maximum Gasteiger partial charge on any atom is 0.263 e. The van der Waals surface area contributed by atoms with Crippen molar-refractivity contribution in [1.29, 1.82) is 0 Å². The topological polar surface area (TPSA) is 76.8 Å². The number of halogens is 2. The molecule has 0 bridgehead atoms. The molecule has 1 aromatic rings. The Labute approximate surface area is 85.3 Å². The molecule has 0 spiro atoms. The first-order chi connectivity index (χ1) is 7.09. The molecule has 0 aromatic heterocycles. The summed E-state index contributed by atoms with van der Waals surface area (Å²) in [5.41, 5.74) is 10.7. The molecule has 80 valence electrons. The highest BCUT2D eigenvalue weighted by molar-refractivity contribution is 5.81. The molecule has 1 aromatic carbocycles. The van der Waals surface area contributed by atoms with Gasteiger partial charge in [0.2, 0.25) is 5.96 Å². The van der Waals surface area contributed by atoms with Crippen molar-refractivity contribution >= 4 is 12.2 Å². The van der Waals surface area contributed by atoms with E-state index in [9.17, 15) is 8.78 Å². The monoisotopic (exact) mass is 212 g/mol. The van der Waals surface area contributed by atoms with Crippen molar-refractivity contribution in [2.24, 2.45) is 21.7 Å². The summed E-state index contributed by atoms with van der Waals surface area (Å²) in [6.07, 6.45) is -1.09. The van der Waals surface area contributed by atoms with Gasteiger partial charge in [0.05, 0.1) is 6.21 Å². The van der Waals surface area contributed by atoms with Crippen molar-refractivity contribution in [2.75, 3.05) is 0 Å². The summed E-state index contributed by atoms with van der Waals surface area (Å²) in [4.78, 5) is 0.